The molecule has 1 unspecified atom stereocenters. The quantitative estimate of drug-likeness (QED) is 0.0365. The molecule has 1 amide bonds. The lowest BCUT2D eigenvalue weighted by Crippen LogP contribution is -2.41. The van der Waals surface area contributed by atoms with E-state index in [1.807, 2.05) is 14.1 Å². The molecule has 0 aromatic carbocycles. The summed E-state index contributed by atoms with van der Waals surface area (Å²) in [6, 6.07) is 0. The van der Waals surface area contributed by atoms with Crippen LogP contribution in [-0.2, 0) is 23.8 Å². The lowest BCUT2D eigenvalue weighted by molar-refractivity contribution is -0.151. The molecule has 0 aromatic heterocycles. The summed E-state index contributed by atoms with van der Waals surface area (Å²) >= 11 is 0. The van der Waals surface area contributed by atoms with Crippen LogP contribution in [0.5, 0.6) is 0 Å². The summed E-state index contributed by atoms with van der Waals surface area (Å²) in [5.74, 6) is -0.0363. The van der Waals surface area contributed by atoms with Crippen LogP contribution >= 0.6 is 0 Å². The van der Waals surface area contributed by atoms with E-state index in [1.165, 1.54) is 83.5 Å². The zero-order valence-electron chi connectivity index (χ0n) is 46.4. The van der Waals surface area contributed by atoms with E-state index in [1.54, 1.807) is 4.90 Å². The molecule has 0 rings (SSSR count). The van der Waals surface area contributed by atoms with Crippen molar-refractivity contribution in [2.45, 2.75) is 329 Å². The van der Waals surface area contributed by atoms with Gasteiger partial charge in [-0.05, 0) is 123 Å². The van der Waals surface area contributed by atoms with Crippen LogP contribution in [0, 0.1) is 0 Å². The summed E-state index contributed by atoms with van der Waals surface area (Å²) in [6.45, 7) is 12.9. The maximum absolute atomic E-state index is 13.8. The molecule has 0 aliphatic rings. The van der Waals surface area contributed by atoms with E-state index in [-0.39, 0.29) is 36.3 Å². The smallest absolute Gasteiger partial charge is 0.410 e. The van der Waals surface area contributed by atoms with E-state index in [2.05, 4.69) is 39.5 Å². The van der Waals surface area contributed by atoms with E-state index in [0.717, 1.165) is 173 Å². The van der Waals surface area contributed by atoms with Crippen LogP contribution in [0.15, 0.2) is 0 Å². The predicted molar refractivity (Wildman–Crippen MR) is 288 cm³/mol. The summed E-state index contributed by atoms with van der Waals surface area (Å²) in [6.07, 6.45) is 43.7. The Morgan fingerprint density at radius 2 is 0.662 bits per heavy atom. The number of aliphatic hydroxyl groups is 1. The first-order valence-corrected chi connectivity index (χ1v) is 29.8. The number of carbonyl (C=O) groups is 3. The number of nitrogens with zero attached hydrogens (tertiary/aromatic N) is 2. The third-order valence-electron chi connectivity index (χ3n) is 13.8. The maximum atomic E-state index is 13.8. The minimum Gasteiger partial charge on any atom is -0.462 e. The van der Waals surface area contributed by atoms with Gasteiger partial charge in [0.15, 0.2) is 0 Å². The molecule has 0 radical (unpaired) electrons. The number of hydrogen-bond donors (Lipinski definition) is 1. The van der Waals surface area contributed by atoms with E-state index in [0.29, 0.717) is 32.4 Å². The van der Waals surface area contributed by atoms with E-state index < -0.39 is 6.10 Å². The lowest BCUT2D eigenvalue weighted by atomic mass is 10.0. The van der Waals surface area contributed by atoms with Crippen molar-refractivity contribution in [2.75, 3.05) is 33.7 Å². The number of hydrogen-bond acceptors (Lipinski definition) is 8. The molecule has 9 heteroatoms. The second-order valence-corrected chi connectivity index (χ2v) is 21.1. The Balaban J connectivity index is 5.11. The molecule has 0 heterocycles. The van der Waals surface area contributed by atoms with Crippen molar-refractivity contribution in [1.82, 2.24) is 9.80 Å². The molecule has 1 atom stereocenters. The summed E-state index contributed by atoms with van der Waals surface area (Å²) in [5.41, 5.74) is 0. The van der Waals surface area contributed by atoms with Crippen molar-refractivity contribution >= 4 is 18.0 Å². The summed E-state index contributed by atoms with van der Waals surface area (Å²) in [7, 11) is 4.10. The van der Waals surface area contributed by atoms with Gasteiger partial charge in [0.1, 0.15) is 18.3 Å². The van der Waals surface area contributed by atoms with Crippen molar-refractivity contribution in [1.29, 1.82) is 0 Å². The number of carbonyl (C=O) groups excluding carboxylic acids is 3. The topological polar surface area (TPSA) is 106 Å². The fourth-order valence-electron chi connectivity index (χ4n) is 9.37. The first-order valence-electron chi connectivity index (χ1n) is 29.8. The molecule has 404 valence electrons. The SMILES string of the molecule is CCCCCCC(O)CN(CCCN(C)C)C(=O)OC(CCCCCCCCC(=O)OC(CCCCCC)CCCCCC)CCCCCCCCC(=O)OC(CCCCCC)CCCCCC. The zero-order chi connectivity index (χ0) is 50.1. The van der Waals surface area contributed by atoms with Gasteiger partial charge in [0.25, 0.3) is 0 Å². The zero-order valence-corrected chi connectivity index (χ0v) is 46.4. The minimum atomic E-state index is -0.541. The Labute approximate surface area is 422 Å². The fourth-order valence-corrected chi connectivity index (χ4v) is 9.37. The Morgan fingerprint density at radius 1 is 0.368 bits per heavy atom. The van der Waals surface area contributed by atoms with Crippen LogP contribution in [0.1, 0.15) is 304 Å². The predicted octanol–water partition coefficient (Wildman–Crippen LogP) is 17.0. The van der Waals surface area contributed by atoms with Gasteiger partial charge in [-0.25, -0.2) is 4.79 Å². The van der Waals surface area contributed by atoms with E-state index in [4.69, 9.17) is 14.2 Å². The minimum absolute atomic E-state index is 0.0181. The van der Waals surface area contributed by atoms with Gasteiger partial charge in [0, 0.05) is 25.9 Å². The third-order valence-corrected chi connectivity index (χ3v) is 13.8. The van der Waals surface area contributed by atoms with Crippen LogP contribution in [0.2, 0.25) is 0 Å². The van der Waals surface area contributed by atoms with Gasteiger partial charge in [-0.15, -0.1) is 0 Å². The highest BCUT2D eigenvalue weighted by molar-refractivity contribution is 5.70. The number of aliphatic hydroxyl groups excluding tert-OH is 1. The van der Waals surface area contributed by atoms with Gasteiger partial charge in [-0.2, -0.15) is 0 Å². The Kier molecular flexibility index (Phi) is 48.7. The first-order chi connectivity index (χ1) is 33.1. The number of amides is 1. The molecule has 0 aliphatic heterocycles. The Hall–Kier alpha value is -1.87. The molecule has 0 saturated heterocycles. The number of rotatable bonds is 52. The van der Waals surface area contributed by atoms with Crippen molar-refractivity contribution < 1.29 is 33.7 Å². The highest BCUT2D eigenvalue weighted by Crippen LogP contribution is 2.22. The average Bonchev–Trinajstić information content (AvgIpc) is 3.31. The summed E-state index contributed by atoms with van der Waals surface area (Å²) < 4.78 is 18.3. The summed E-state index contributed by atoms with van der Waals surface area (Å²) in [5, 5.41) is 11.0. The monoisotopic (exact) mass is 965 g/mol. The molecular weight excluding hydrogens is 849 g/mol. The van der Waals surface area contributed by atoms with Crippen molar-refractivity contribution in [3.05, 3.63) is 0 Å². The number of esters is 2. The largest absolute Gasteiger partial charge is 0.462 e. The van der Waals surface area contributed by atoms with E-state index in [9.17, 15) is 19.5 Å². The number of unbranched alkanes of at least 4 members (excludes halogenated alkanes) is 25. The molecule has 68 heavy (non-hydrogen) atoms. The number of ether oxygens (including phenoxy) is 3. The fraction of sp³-hybridized carbons (Fsp3) is 0.949. The van der Waals surface area contributed by atoms with E-state index >= 15 is 0 Å². The molecule has 0 bridgehead atoms. The first kappa shape index (κ1) is 66.1. The van der Waals surface area contributed by atoms with Crippen LogP contribution in [-0.4, -0.2) is 91.1 Å². The van der Waals surface area contributed by atoms with Crippen LogP contribution in [0.4, 0.5) is 4.79 Å². The average molecular weight is 966 g/mol. The van der Waals surface area contributed by atoms with Crippen LogP contribution in [0.3, 0.4) is 0 Å². The molecule has 1 N–H and O–H groups in total. The molecule has 0 saturated carbocycles. The molecule has 0 spiro atoms. The normalized spacial score (nSPS) is 12.2. The standard InChI is InChI=1S/C59H116N2O7/c1-8-13-18-31-41-53(62)52-61(51-40-50-60(6)7)59(65)68-56(46-36-27-23-25-29-38-48-57(63)66-54(42-32-19-14-9-2)43-33-20-15-10-3)47-37-28-24-26-30-39-49-58(64)67-55(44-34-21-16-11-4)45-35-22-17-12-5/h53-56,62H,8-52H2,1-7H3. The third kappa shape index (κ3) is 44.1. The van der Waals surface area contributed by atoms with Gasteiger partial charge in [-0.1, -0.05) is 189 Å². The molecule has 0 aromatic rings. The maximum Gasteiger partial charge on any atom is 0.410 e. The molecular formula is C59H116N2O7. The second kappa shape index (κ2) is 50.1. The van der Waals surface area contributed by atoms with Crippen LogP contribution in [0.25, 0.3) is 0 Å². The van der Waals surface area contributed by atoms with Gasteiger partial charge in [0.2, 0.25) is 0 Å². The Morgan fingerprint density at radius 3 is 1.00 bits per heavy atom. The molecule has 0 fully saturated rings. The highest BCUT2D eigenvalue weighted by atomic mass is 16.6. The van der Waals surface area contributed by atoms with Crippen molar-refractivity contribution in [3.8, 4) is 0 Å². The van der Waals surface area contributed by atoms with Gasteiger partial charge in [0.05, 0.1) is 6.10 Å². The lowest BCUT2D eigenvalue weighted by Gasteiger charge is -2.28. The van der Waals surface area contributed by atoms with Crippen molar-refractivity contribution in [3.63, 3.8) is 0 Å². The Bertz CT molecular complexity index is 1020. The molecule has 0 aliphatic carbocycles. The second-order valence-electron chi connectivity index (χ2n) is 21.1. The highest BCUT2D eigenvalue weighted by Gasteiger charge is 2.23. The summed E-state index contributed by atoms with van der Waals surface area (Å²) in [4.78, 5) is 43.3. The van der Waals surface area contributed by atoms with Gasteiger partial charge < -0.3 is 29.1 Å². The van der Waals surface area contributed by atoms with Crippen LogP contribution < -0.4 is 0 Å². The van der Waals surface area contributed by atoms with Crippen molar-refractivity contribution in [2.24, 2.45) is 0 Å². The molecule has 9 nitrogen and oxygen atoms in total. The van der Waals surface area contributed by atoms with Gasteiger partial charge >= 0.3 is 18.0 Å². The van der Waals surface area contributed by atoms with Gasteiger partial charge in [-0.3, -0.25) is 9.59 Å².